The number of esters is 1. The molecule has 0 aliphatic carbocycles. The van der Waals surface area contributed by atoms with Crippen LogP contribution in [0.5, 0.6) is 5.75 Å². The average Bonchev–Trinajstić information content (AvgIpc) is 2.35. The molecule has 98 valence electrons. The van der Waals surface area contributed by atoms with Crippen LogP contribution in [-0.4, -0.2) is 36.4 Å². The van der Waals surface area contributed by atoms with Gasteiger partial charge in [-0.05, 0) is 17.7 Å². The molecule has 0 spiro atoms. The number of rotatable bonds is 4. The Balaban J connectivity index is 3.39. The number of carbonyl (C=O) groups excluding carboxylic acids is 1. The first-order chi connectivity index (χ1) is 8.42. The number of carbonyl (C=O) groups is 2. The zero-order chi connectivity index (χ0) is 13.9. The zero-order valence-electron chi connectivity index (χ0n) is 9.64. The molecule has 0 aliphatic heterocycles. The highest BCUT2D eigenvalue weighted by molar-refractivity contribution is 5.93. The van der Waals surface area contributed by atoms with Crippen LogP contribution in [0.15, 0.2) is 12.1 Å². The summed E-state index contributed by atoms with van der Waals surface area (Å²) in [7, 11) is 2.23. The molecule has 18 heavy (non-hydrogen) atoms. The van der Waals surface area contributed by atoms with Crippen molar-refractivity contribution in [3.05, 3.63) is 29.1 Å². The molecule has 0 heterocycles. The highest BCUT2D eigenvalue weighted by Crippen LogP contribution is 2.28. The number of halogens is 1. The molecule has 0 radical (unpaired) electrons. The van der Waals surface area contributed by atoms with E-state index in [-0.39, 0.29) is 16.9 Å². The van der Waals surface area contributed by atoms with Crippen molar-refractivity contribution in [1.82, 2.24) is 0 Å². The highest BCUT2D eigenvalue weighted by atomic mass is 19.1. The van der Waals surface area contributed by atoms with Gasteiger partial charge in [0.1, 0.15) is 5.56 Å². The van der Waals surface area contributed by atoms with Crippen molar-refractivity contribution in [2.24, 2.45) is 0 Å². The van der Waals surface area contributed by atoms with E-state index in [1.54, 1.807) is 0 Å². The Morgan fingerprint density at radius 1 is 1.33 bits per heavy atom. The van der Waals surface area contributed by atoms with Gasteiger partial charge in [0, 0.05) is 0 Å². The predicted octanol–water partition coefficient (Wildman–Crippen LogP) is 0.739. The molecular weight excluding hydrogens is 247 g/mol. The number of methoxy groups -OCH3 is 2. The fourth-order valence-corrected chi connectivity index (χ4v) is 1.38. The minimum absolute atomic E-state index is 0.277. The lowest BCUT2D eigenvalue weighted by molar-refractivity contribution is -0.146. The van der Waals surface area contributed by atoms with E-state index in [0.717, 1.165) is 26.4 Å². The van der Waals surface area contributed by atoms with Gasteiger partial charge in [0.2, 0.25) is 0 Å². The summed E-state index contributed by atoms with van der Waals surface area (Å²) >= 11 is 0. The second-order valence-corrected chi connectivity index (χ2v) is 3.32. The van der Waals surface area contributed by atoms with Crippen LogP contribution in [0.2, 0.25) is 0 Å². The van der Waals surface area contributed by atoms with E-state index in [2.05, 4.69) is 9.47 Å². The molecule has 0 amide bonds. The summed E-state index contributed by atoms with van der Waals surface area (Å²) in [5, 5.41) is 17.9. The molecular formula is C11H11FO6. The van der Waals surface area contributed by atoms with Gasteiger partial charge < -0.3 is 19.7 Å². The molecule has 0 bridgehead atoms. The molecule has 0 aromatic heterocycles. The monoisotopic (exact) mass is 258 g/mol. The van der Waals surface area contributed by atoms with Crippen molar-refractivity contribution < 1.29 is 33.7 Å². The Morgan fingerprint density at radius 3 is 2.39 bits per heavy atom. The number of aliphatic carboxylic acids is 1. The van der Waals surface area contributed by atoms with E-state index in [1.807, 2.05) is 0 Å². The molecule has 1 aromatic carbocycles. The normalized spacial score (nSPS) is 11.8. The van der Waals surface area contributed by atoms with Crippen molar-refractivity contribution in [3.8, 4) is 5.75 Å². The van der Waals surface area contributed by atoms with Gasteiger partial charge in [-0.2, -0.15) is 0 Å². The quantitative estimate of drug-likeness (QED) is 0.774. The van der Waals surface area contributed by atoms with E-state index in [4.69, 9.17) is 5.11 Å². The number of hydrogen-bond donors (Lipinski definition) is 2. The van der Waals surface area contributed by atoms with Gasteiger partial charge in [0.15, 0.2) is 17.7 Å². The maximum absolute atomic E-state index is 13.6. The number of benzene rings is 1. The lowest BCUT2D eigenvalue weighted by Crippen LogP contribution is -2.13. The smallest absolute Gasteiger partial charge is 0.341 e. The van der Waals surface area contributed by atoms with Crippen LogP contribution in [0.1, 0.15) is 22.0 Å². The average molecular weight is 258 g/mol. The molecule has 1 aromatic rings. The molecule has 0 fully saturated rings. The Hall–Kier alpha value is -2.15. The fourth-order valence-electron chi connectivity index (χ4n) is 1.38. The standard InChI is InChI=1S/C11H11FO6/c1-17-9-6(11(16)18-2)3-5(4-7(9)12)8(13)10(14)15/h3-4,8,13H,1-2H3,(H,14,15). The summed E-state index contributed by atoms with van der Waals surface area (Å²) in [5.41, 5.74) is -0.573. The third-order valence-electron chi connectivity index (χ3n) is 2.23. The molecule has 0 aliphatic rings. The molecule has 7 heteroatoms. The van der Waals surface area contributed by atoms with E-state index < -0.39 is 23.9 Å². The van der Waals surface area contributed by atoms with Gasteiger partial charge in [-0.25, -0.2) is 14.0 Å². The lowest BCUT2D eigenvalue weighted by Gasteiger charge is -2.12. The largest absolute Gasteiger partial charge is 0.493 e. The Bertz CT molecular complexity index is 485. The summed E-state index contributed by atoms with van der Waals surface area (Å²) in [6.45, 7) is 0. The maximum atomic E-state index is 13.6. The van der Waals surface area contributed by atoms with Gasteiger partial charge in [-0.3, -0.25) is 0 Å². The van der Waals surface area contributed by atoms with E-state index in [1.165, 1.54) is 0 Å². The number of aliphatic hydroxyl groups is 1. The van der Waals surface area contributed by atoms with Crippen LogP contribution in [0.3, 0.4) is 0 Å². The zero-order valence-corrected chi connectivity index (χ0v) is 9.64. The molecule has 0 saturated carbocycles. The molecule has 6 nitrogen and oxygen atoms in total. The van der Waals surface area contributed by atoms with E-state index in [0.29, 0.717) is 0 Å². The van der Waals surface area contributed by atoms with Crippen LogP contribution in [-0.2, 0) is 9.53 Å². The van der Waals surface area contributed by atoms with Crippen LogP contribution < -0.4 is 4.74 Å². The second-order valence-electron chi connectivity index (χ2n) is 3.32. The molecule has 1 atom stereocenters. The second kappa shape index (κ2) is 5.46. The number of hydrogen-bond acceptors (Lipinski definition) is 5. The predicted molar refractivity (Wildman–Crippen MR) is 56.9 cm³/mol. The van der Waals surface area contributed by atoms with Crippen molar-refractivity contribution in [1.29, 1.82) is 0 Å². The van der Waals surface area contributed by atoms with Crippen molar-refractivity contribution >= 4 is 11.9 Å². The minimum atomic E-state index is -1.94. The number of aliphatic hydroxyl groups excluding tert-OH is 1. The van der Waals surface area contributed by atoms with Gasteiger partial charge in [-0.15, -0.1) is 0 Å². The van der Waals surface area contributed by atoms with Crippen molar-refractivity contribution in [2.45, 2.75) is 6.10 Å². The third-order valence-corrected chi connectivity index (χ3v) is 2.23. The van der Waals surface area contributed by atoms with Crippen molar-refractivity contribution in [3.63, 3.8) is 0 Å². The molecule has 1 rings (SSSR count). The molecule has 0 saturated heterocycles. The fraction of sp³-hybridized carbons (Fsp3) is 0.273. The van der Waals surface area contributed by atoms with Gasteiger partial charge in [0.25, 0.3) is 0 Å². The summed E-state index contributed by atoms with van der Waals surface area (Å²) in [4.78, 5) is 22.0. The Morgan fingerprint density at radius 2 is 1.94 bits per heavy atom. The van der Waals surface area contributed by atoms with Gasteiger partial charge in [0.05, 0.1) is 14.2 Å². The van der Waals surface area contributed by atoms with Crippen LogP contribution in [0, 0.1) is 5.82 Å². The van der Waals surface area contributed by atoms with Gasteiger partial charge in [-0.1, -0.05) is 0 Å². The van der Waals surface area contributed by atoms with Crippen LogP contribution in [0.4, 0.5) is 4.39 Å². The lowest BCUT2D eigenvalue weighted by atomic mass is 10.0. The summed E-state index contributed by atoms with van der Waals surface area (Å²) in [5.74, 6) is -3.79. The van der Waals surface area contributed by atoms with Crippen LogP contribution in [0.25, 0.3) is 0 Å². The summed E-state index contributed by atoms with van der Waals surface area (Å²) < 4.78 is 22.7. The first-order valence-electron chi connectivity index (χ1n) is 4.79. The SMILES string of the molecule is COC(=O)c1cc(C(O)C(=O)O)cc(F)c1OC. The number of carboxylic acid groups (broad SMARTS) is 1. The Labute approximate surface area is 102 Å². The summed E-state index contributed by atoms with van der Waals surface area (Å²) in [6.07, 6.45) is -1.94. The summed E-state index contributed by atoms with van der Waals surface area (Å²) in [6, 6.07) is 1.79. The topological polar surface area (TPSA) is 93.1 Å². The maximum Gasteiger partial charge on any atom is 0.341 e. The highest BCUT2D eigenvalue weighted by Gasteiger charge is 2.24. The minimum Gasteiger partial charge on any atom is -0.493 e. The van der Waals surface area contributed by atoms with Crippen molar-refractivity contribution in [2.75, 3.05) is 14.2 Å². The molecule has 2 N–H and O–H groups in total. The Kier molecular flexibility index (Phi) is 4.22. The van der Waals surface area contributed by atoms with Crippen LogP contribution >= 0.6 is 0 Å². The number of ether oxygens (including phenoxy) is 2. The first kappa shape index (κ1) is 13.9. The van der Waals surface area contributed by atoms with Gasteiger partial charge >= 0.3 is 11.9 Å². The van der Waals surface area contributed by atoms with E-state index >= 15 is 0 Å². The van der Waals surface area contributed by atoms with E-state index in [9.17, 15) is 19.1 Å². The number of carboxylic acids is 1. The first-order valence-corrected chi connectivity index (χ1v) is 4.79. The molecule has 1 unspecified atom stereocenters. The third kappa shape index (κ3) is 2.57.